The number of para-hydroxylation sites is 1. The monoisotopic (exact) mass is 766 g/mol. The molecule has 2 aromatic heterocycles. The van der Waals surface area contributed by atoms with Gasteiger partial charge in [-0.05, 0) is 90.3 Å². The quantitative estimate of drug-likeness (QED) is 0.175. The van der Waals surface area contributed by atoms with Crippen molar-refractivity contribution in [3.8, 4) is 67.3 Å². The molecular formula is C57H38N2O. The summed E-state index contributed by atoms with van der Waals surface area (Å²) in [6.07, 6.45) is 0. The van der Waals surface area contributed by atoms with Crippen LogP contribution in [0, 0.1) is 0 Å². The minimum Gasteiger partial charge on any atom is -0.456 e. The number of furan rings is 1. The van der Waals surface area contributed by atoms with Crippen LogP contribution in [0.4, 0.5) is 0 Å². The van der Waals surface area contributed by atoms with E-state index in [0.29, 0.717) is 5.82 Å². The molecule has 0 atom stereocenters. The summed E-state index contributed by atoms with van der Waals surface area (Å²) in [6.45, 7) is 4.78. The van der Waals surface area contributed by atoms with Gasteiger partial charge in [-0.1, -0.05) is 184 Å². The van der Waals surface area contributed by atoms with E-state index < -0.39 is 0 Å². The molecule has 12 rings (SSSR count). The van der Waals surface area contributed by atoms with Crippen LogP contribution >= 0.6 is 0 Å². The fraction of sp³-hybridized carbons (Fsp3) is 0.0526. The van der Waals surface area contributed by atoms with E-state index in [1.54, 1.807) is 0 Å². The highest BCUT2D eigenvalue weighted by Crippen LogP contribution is 2.54. The van der Waals surface area contributed by atoms with Crippen molar-refractivity contribution >= 4 is 43.5 Å². The third-order valence-corrected chi connectivity index (χ3v) is 12.7. The molecule has 0 saturated carbocycles. The van der Waals surface area contributed by atoms with Crippen LogP contribution in [0.15, 0.2) is 199 Å². The van der Waals surface area contributed by atoms with Crippen molar-refractivity contribution in [1.29, 1.82) is 0 Å². The number of hydrogen-bond acceptors (Lipinski definition) is 3. The lowest BCUT2D eigenvalue weighted by Gasteiger charge is -2.26. The highest BCUT2D eigenvalue weighted by atomic mass is 16.3. The molecular weight excluding hydrogens is 729 g/mol. The average Bonchev–Trinajstić information content (AvgIpc) is 3.81. The topological polar surface area (TPSA) is 38.9 Å². The normalized spacial score (nSPS) is 13.0. The van der Waals surface area contributed by atoms with Gasteiger partial charge in [0, 0.05) is 32.9 Å². The largest absolute Gasteiger partial charge is 0.456 e. The van der Waals surface area contributed by atoms with Gasteiger partial charge >= 0.3 is 0 Å². The summed E-state index contributed by atoms with van der Waals surface area (Å²) in [5.41, 5.74) is 16.6. The molecule has 0 aliphatic heterocycles. The Labute approximate surface area is 348 Å². The second-order valence-corrected chi connectivity index (χ2v) is 16.5. The third-order valence-electron chi connectivity index (χ3n) is 12.7. The Morgan fingerprint density at radius 3 is 1.75 bits per heavy atom. The molecule has 0 saturated heterocycles. The summed E-state index contributed by atoms with van der Waals surface area (Å²) in [4.78, 5) is 10.5. The lowest BCUT2D eigenvalue weighted by atomic mass is 9.77. The molecule has 60 heavy (non-hydrogen) atoms. The van der Waals surface area contributed by atoms with E-state index in [0.717, 1.165) is 55.4 Å². The average molecular weight is 767 g/mol. The summed E-state index contributed by atoms with van der Waals surface area (Å²) in [6, 6.07) is 69.4. The first-order valence-corrected chi connectivity index (χ1v) is 20.7. The summed E-state index contributed by atoms with van der Waals surface area (Å²) in [5, 5.41) is 7.06. The summed E-state index contributed by atoms with van der Waals surface area (Å²) in [5.74, 6) is 0.683. The predicted molar refractivity (Wildman–Crippen MR) is 249 cm³/mol. The summed E-state index contributed by atoms with van der Waals surface area (Å²) >= 11 is 0. The van der Waals surface area contributed by atoms with Crippen LogP contribution in [0.25, 0.3) is 111 Å². The van der Waals surface area contributed by atoms with Gasteiger partial charge in [0.1, 0.15) is 11.2 Å². The second kappa shape index (κ2) is 13.2. The molecule has 0 spiro atoms. The van der Waals surface area contributed by atoms with Crippen LogP contribution < -0.4 is 0 Å². The van der Waals surface area contributed by atoms with E-state index in [9.17, 15) is 0 Å². The van der Waals surface area contributed by atoms with Gasteiger partial charge < -0.3 is 4.42 Å². The molecule has 0 bridgehead atoms. The van der Waals surface area contributed by atoms with E-state index in [-0.39, 0.29) is 5.41 Å². The van der Waals surface area contributed by atoms with Crippen LogP contribution in [0.2, 0.25) is 0 Å². The van der Waals surface area contributed by atoms with E-state index >= 15 is 0 Å². The van der Waals surface area contributed by atoms with Crippen LogP contribution in [0.1, 0.15) is 25.0 Å². The van der Waals surface area contributed by atoms with Crippen LogP contribution in [-0.4, -0.2) is 9.97 Å². The Morgan fingerprint density at radius 1 is 0.367 bits per heavy atom. The fourth-order valence-corrected chi connectivity index (χ4v) is 10.0. The van der Waals surface area contributed by atoms with Crippen molar-refractivity contribution in [2.75, 3.05) is 0 Å². The molecule has 0 amide bonds. The zero-order valence-corrected chi connectivity index (χ0v) is 33.3. The van der Waals surface area contributed by atoms with Crippen molar-refractivity contribution in [1.82, 2.24) is 9.97 Å². The Morgan fingerprint density at radius 2 is 0.917 bits per heavy atom. The van der Waals surface area contributed by atoms with Crippen LogP contribution in [0.5, 0.6) is 0 Å². The zero-order chi connectivity index (χ0) is 40.0. The smallest absolute Gasteiger partial charge is 0.160 e. The fourth-order valence-electron chi connectivity index (χ4n) is 10.0. The lowest BCUT2D eigenvalue weighted by Crippen LogP contribution is -2.16. The first-order valence-electron chi connectivity index (χ1n) is 20.7. The van der Waals surface area contributed by atoms with Crippen molar-refractivity contribution in [2.24, 2.45) is 0 Å². The predicted octanol–water partition coefficient (Wildman–Crippen LogP) is 15.3. The molecule has 11 aromatic rings. The third kappa shape index (κ3) is 5.22. The minimum atomic E-state index is -0.169. The molecule has 0 radical (unpaired) electrons. The van der Waals surface area contributed by atoms with Gasteiger partial charge in [0.15, 0.2) is 5.82 Å². The molecule has 2 heterocycles. The van der Waals surface area contributed by atoms with Crippen molar-refractivity contribution in [2.45, 2.75) is 19.3 Å². The molecule has 0 unspecified atom stereocenters. The molecule has 9 aromatic carbocycles. The van der Waals surface area contributed by atoms with E-state index in [4.69, 9.17) is 14.4 Å². The van der Waals surface area contributed by atoms with Gasteiger partial charge in [-0.2, -0.15) is 0 Å². The first kappa shape index (κ1) is 34.4. The number of rotatable bonds is 5. The SMILES string of the molecule is CC1(C)c2c(-c3cccc(-c4ccc(-c5cc(-c6cccc7oc8ccccc8c67)nc(-c6ccccc6)n5)c5ccccc45)c3)cccc2-c2ccc3ccccc3c21. The number of fused-ring (bicyclic) bond motifs is 9. The van der Waals surface area contributed by atoms with Crippen molar-refractivity contribution in [3.63, 3.8) is 0 Å². The Bertz CT molecular complexity index is 3520. The zero-order valence-electron chi connectivity index (χ0n) is 33.3. The Kier molecular flexibility index (Phi) is 7.58. The number of nitrogens with zero attached hydrogens (tertiary/aromatic N) is 2. The number of hydrogen-bond donors (Lipinski definition) is 0. The molecule has 282 valence electrons. The van der Waals surface area contributed by atoms with E-state index in [2.05, 4.69) is 166 Å². The number of benzene rings is 9. The van der Waals surface area contributed by atoms with Gasteiger partial charge in [-0.15, -0.1) is 0 Å². The minimum absolute atomic E-state index is 0.169. The van der Waals surface area contributed by atoms with Gasteiger partial charge in [0.05, 0.1) is 11.4 Å². The Balaban J connectivity index is 1.01. The van der Waals surface area contributed by atoms with Gasteiger partial charge in [-0.25, -0.2) is 9.97 Å². The highest BCUT2D eigenvalue weighted by molar-refractivity contribution is 6.12. The number of aromatic nitrogens is 2. The first-order chi connectivity index (χ1) is 29.5. The maximum atomic E-state index is 6.31. The highest BCUT2D eigenvalue weighted by Gasteiger charge is 2.38. The summed E-state index contributed by atoms with van der Waals surface area (Å²) < 4.78 is 6.31. The summed E-state index contributed by atoms with van der Waals surface area (Å²) in [7, 11) is 0. The van der Waals surface area contributed by atoms with E-state index in [1.165, 1.54) is 60.7 Å². The lowest BCUT2D eigenvalue weighted by molar-refractivity contribution is 0.668. The van der Waals surface area contributed by atoms with E-state index in [1.807, 2.05) is 42.5 Å². The molecule has 1 aliphatic rings. The van der Waals surface area contributed by atoms with Gasteiger partial charge in [0.2, 0.25) is 0 Å². The standard InChI is InChI=1S/C57H38N2O/c1-57(2)54-40-20-7-6-15-35(40)29-30-46(54)45-25-13-24-41(55(45)57)38-19-12-18-37(33-38)39-31-32-44(43-22-9-8-21-42(39)43)49-34-50(59-56(58-49)36-16-4-3-5-17-36)47-26-14-28-52-53(47)48-23-10-11-27-51(48)60-52/h3-34H,1-2H3. The van der Waals surface area contributed by atoms with Crippen molar-refractivity contribution in [3.05, 3.63) is 205 Å². The van der Waals surface area contributed by atoms with Gasteiger partial charge in [-0.3, -0.25) is 0 Å². The molecule has 0 fully saturated rings. The molecule has 0 N–H and O–H groups in total. The molecule has 3 heteroatoms. The van der Waals surface area contributed by atoms with Crippen LogP contribution in [-0.2, 0) is 5.41 Å². The molecule has 3 nitrogen and oxygen atoms in total. The Hall–Kier alpha value is -7.62. The molecule has 1 aliphatic carbocycles. The van der Waals surface area contributed by atoms with Crippen molar-refractivity contribution < 1.29 is 4.42 Å². The van der Waals surface area contributed by atoms with Gasteiger partial charge in [0.25, 0.3) is 0 Å². The second-order valence-electron chi connectivity index (χ2n) is 16.5. The maximum Gasteiger partial charge on any atom is 0.160 e. The maximum absolute atomic E-state index is 6.31. The van der Waals surface area contributed by atoms with Crippen LogP contribution in [0.3, 0.4) is 0 Å².